The van der Waals surface area contributed by atoms with E-state index in [9.17, 15) is 0 Å². The van der Waals surface area contributed by atoms with Crippen molar-refractivity contribution < 1.29 is 0 Å². The molecule has 0 aromatic heterocycles. The average Bonchev–Trinajstić information content (AvgIpc) is 3.62. The molecule has 0 radical (unpaired) electrons. The van der Waals surface area contributed by atoms with Gasteiger partial charge in [0.1, 0.15) is 16.1 Å². The Kier molecular flexibility index (Phi) is 7.50. The number of rotatable bonds is 12. The van der Waals surface area contributed by atoms with Crippen LogP contribution in [0.25, 0.3) is 0 Å². The molecular formula is C29H40Si2. The molecule has 0 saturated heterocycles. The van der Waals surface area contributed by atoms with E-state index in [-0.39, 0.29) is 0 Å². The highest BCUT2D eigenvalue weighted by Gasteiger charge is 2.38. The summed E-state index contributed by atoms with van der Waals surface area (Å²) in [4.78, 5) is 0. The third-order valence-corrected chi connectivity index (χ3v) is 18.1. The minimum Gasteiger partial charge on any atom is -0.0811 e. The summed E-state index contributed by atoms with van der Waals surface area (Å²) < 4.78 is 0. The summed E-state index contributed by atoms with van der Waals surface area (Å²) in [6.45, 7) is 5.07. The van der Waals surface area contributed by atoms with Crippen molar-refractivity contribution in [3.8, 4) is 0 Å². The minimum absolute atomic E-state index is 1.15. The second kappa shape index (κ2) is 10.3. The van der Waals surface area contributed by atoms with Crippen LogP contribution in [0.3, 0.4) is 0 Å². The number of unbranched alkanes of at least 4 members (excludes halogenated alkanes) is 3. The Hall–Kier alpha value is -1.65. The van der Waals surface area contributed by atoms with Gasteiger partial charge in [0.2, 0.25) is 0 Å². The van der Waals surface area contributed by atoms with Crippen LogP contribution in [0.4, 0.5) is 0 Å². The van der Waals surface area contributed by atoms with Gasteiger partial charge in [0.25, 0.3) is 0 Å². The number of hydrogen-bond donors (Lipinski definition) is 0. The fourth-order valence-electron chi connectivity index (χ4n) is 6.11. The highest BCUT2D eigenvalue weighted by Crippen LogP contribution is 2.40. The molecule has 4 aliphatic carbocycles. The van der Waals surface area contributed by atoms with E-state index in [0.29, 0.717) is 0 Å². The minimum atomic E-state index is -1.52. The van der Waals surface area contributed by atoms with Gasteiger partial charge in [-0.1, -0.05) is 139 Å². The van der Waals surface area contributed by atoms with Crippen molar-refractivity contribution in [2.24, 2.45) is 0 Å². The fourth-order valence-corrected chi connectivity index (χ4v) is 14.9. The van der Waals surface area contributed by atoms with Crippen LogP contribution < -0.4 is 0 Å². The van der Waals surface area contributed by atoms with Gasteiger partial charge in [0.15, 0.2) is 0 Å². The molecule has 4 rings (SSSR count). The van der Waals surface area contributed by atoms with E-state index in [4.69, 9.17) is 0 Å². The topological polar surface area (TPSA) is 0 Å². The zero-order chi connectivity index (χ0) is 21.6. The van der Waals surface area contributed by atoms with Crippen molar-refractivity contribution in [3.63, 3.8) is 0 Å². The maximum absolute atomic E-state index is 2.61. The highest BCUT2D eigenvalue weighted by molar-refractivity contribution is 6.94. The van der Waals surface area contributed by atoms with Gasteiger partial charge in [0.05, 0.1) is 0 Å². The Morgan fingerprint density at radius 3 is 1.39 bits per heavy atom. The van der Waals surface area contributed by atoms with Crippen LogP contribution in [0.2, 0.25) is 24.7 Å². The van der Waals surface area contributed by atoms with Gasteiger partial charge in [0, 0.05) is 0 Å². The molecule has 0 aromatic rings. The lowest BCUT2D eigenvalue weighted by Gasteiger charge is -2.33. The van der Waals surface area contributed by atoms with Crippen molar-refractivity contribution in [1.29, 1.82) is 0 Å². The monoisotopic (exact) mass is 444 g/mol. The molecule has 0 amide bonds. The molecule has 0 atom stereocenters. The lowest BCUT2D eigenvalue weighted by molar-refractivity contribution is 0.692. The molecule has 0 spiro atoms. The molecule has 31 heavy (non-hydrogen) atoms. The quantitative estimate of drug-likeness (QED) is 0.208. The Morgan fingerprint density at radius 2 is 1.00 bits per heavy atom. The number of hydrogen-bond acceptors (Lipinski definition) is 0. The van der Waals surface area contributed by atoms with E-state index in [0.717, 1.165) is 25.7 Å². The van der Waals surface area contributed by atoms with Crippen molar-refractivity contribution >= 4 is 16.1 Å². The Balaban J connectivity index is 1.32. The van der Waals surface area contributed by atoms with Crippen molar-refractivity contribution in [1.82, 2.24) is 0 Å². The molecule has 0 aromatic carbocycles. The summed E-state index contributed by atoms with van der Waals surface area (Å²) in [5.41, 5.74) is 0. The van der Waals surface area contributed by atoms with Gasteiger partial charge in [-0.3, -0.25) is 0 Å². The highest BCUT2D eigenvalue weighted by atomic mass is 28.3. The predicted molar refractivity (Wildman–Crippen MR) is 143 cm³/mol. The van der Waals surface area contributed by atoms with Crippen molar-refractivity contribution in [2.45, 2.75) is 83.0 Å². The molecule has 0 aliphatic heterocycles. The second-order valence-corrected chi connectivity index (χ2v) is 18.7. The Bertz CT molecular complexity index is 841. The lowest BCUT2D eigenvalue weighted by atomic mass is 10.2. The molecular weight excluding hydrogens is 404 g/mol. The number of allylic oxidation sites excluding steroid dienone is 16. The first-order chi connectivity index (χ1) is 15.2. The predicted octanol–water partition coefficient (Wildman–Crippen LogP) is 8.80. The van der Waals surface area contributed by atoms with E-state index < -0.39 is 16.1 Å². The van der Waals surface area contributed by atoms with Crippen LogP contribution >= 0.6 is 0 Å². The summed E-state index contributed by atoms with van der Waals surface area (Å²) in [5.74, 6) is 0. The summed E-state index contributed by atoms with van der Waals surface area (Å²) in [6, 6.07) is 4.20. The van der Waals surface area contributed by atoms with Crippen molar-refractivity contribution in [2.75, 3.05) is 0 Å². The normalized spacial score (nSPS) is 19.9. The third kappa shape index (κ3) is 4.75. The van der Waals surface area contributed by atoms with E-state index >= 15 is 0 Å². The lowest BCUT2D eigenvalue weighted by Crippen LogP contribution is -2.37. The van der Waals surface area contributed by atoms with E-state index in [1.165, 1.54) is 43.8 Å². The summed E-state index contributed by atoms with van der Waals surface area (Å²) in [5, 5.41) is 6.80. The van der Waals surface area contributed by atoms with Crippen LogP contribution in [-0.4, -0.2) is 16.1 Å². The van der Waals surface area contributed by atoms with Crippen LogP contribution in [-0.2, 0) is 0 Å². The molecule has 0 unspecified atom stereocenters. The molecule has 4 aliphatic rings. The Morgan fingerprint density at radius 1 is 0.581 bits per heavy atom. The van der Waals surface area contributed by atoms with E-state index in [1.807, 2.05) is 0 Å². The zero-order valence-electron chi connectivity index (χ0n) is 19.7. The summed E-state index contributed by atoms with van der Waals surface area (Å²) >= 11 is 0. The summed E-state index contributed by atoms with van der Waals surface area (Å²) in [6.07, 6.45) is 39.5. The maximum atomic E-state index is 2.61. The van der Waals surface area contributed by atoms with Gasteiger partial charge in [-0.05, 0) is 37.8 Å². The average molecular weight is 445 g/mol. The smallest absolute Gasteiger partial charge is 0.0811 e. The standard InChI is InChI=1S/C29H40Si2/c1-3-31(28-20-10-11-21-28,29-22-12-13-23-29)25-15-5-4-14-24-30(2,26-16-6-7-17-26)27-18-8-9-19-27/h6,8,10,12,16-23H,3-5,7,9,11,13-15,24-25H2,1-2H3. The fraction of sp³-hybridized carbons (Fsp3) is 0.448. The molecule has 0 N–H and O–H groups in total. The van der Waals surface area contributed by atoms with Crippen LogP contribution in [0, 0.1) is 0 Å². The van der Waals surface area contributed by atoms with E-state index in [2.05, 4.69) is 86.4 Å². The largest absolute Gasteiger partial charge is 0.117 e. The SMILES string of the molecule is CC[Si](CCCCCC[Si](C)(C1=CCC=C1)C1=CCC=C1)(C1=CCC=C1)C1=CCC=C1. The third-order valence-electron chi connectivity index (χ3n) is 8.10. The van der Waals surface area contributed by atoms with Gasteiger partial charge >= 0.3 is 0 Å². The molecule has 0 fully saturated rings. The van der Waals surface area contributed by atoms with Gasteiger partial charge < -0.3 is 0 Å². The first-order valence-corrected chi connectivity index (χ1v) is 17.8. The van der Waals surface area contributed by atoms with Gasteiger partial charge in [-0.15, -0.1) is 0 Å². The molecule has 0 nitrogen and oxygen atoms in total. The molecule has 2 heteroatoms. The van der Waals surface area contributed by atoms with E-state index in [1.54, 1.807) is 20.8 Å². The molecule has 0 bridgehead atoms. The van der Waals surface area contributed by atoms with Crippen molar-refractivity contribution in [3.05, 3.63) is 93.7 Å². The van der Waals surface area contributed by atoms with Crippen LogP contribution in [0.5, 0.6) is 0 Å². The van der Waals surface area contributed by atoms with Crippen LogP contribution in [0.15, 0.2) is 93.7 Å². The molecule has 0 saturated carbocycles. The summed E-state index contributed by atoms with van der Waals surface area (Å²) in [7, 11) is -3.03. The first kappa shape index (κ1) is 22.5. The second-order valence-electron chi connectivity index (χ2n) is 9.87. The molecule has 0 heterocycles. The molecule has 164 valence electrons. The van der Waals surface area contributed by atoms with Gasteiger partial charge in [-0.2, -0.15) is 0 Å². The maximum Gasteiger partial charge on any atom is 0.117 e. The Labute approximate surface area is 192 Å². The van der Waals surface area contributed by atoms with Gasteiger partial charge in [-0.25, -0.2) is 0 Å². The van der Waals surface area contributed by atoms with Crippen LogP contribution in [0.1, 0.15) is 58.3 Å². The zero-order valence-corrected chi connectivity index (χ0v) is 21.7. The first-order valence-electron chi connectivity index (χ1n) is 12.7.